The van der Waals surface area contributed by atoms with Crippen molar-refractivity contribution in [3.8, 4) is 0 Å². The Labute approximate surface area is 151 Å². The van der Waals surface area contributed by atoms with Crippen molar-refractivity contribution in [1.82, 2.24) is 15.2 Å². The molecule has 5 nitrogen and oxygen atoms in total. The fourth-order valence-corrected chi connectivity index (χ4v) is 2.83. The normalized spacial score (nSPS) is 11.2. The van der Waals surface area contributed by atoms with Crippen LogP contribution in [0.1, 0.15) is 28.4 Å². The van der Waals surface area contributed by atoms with Crippen LogP contribution in [0.2, 0.25) is 0 Å². The smallest absolute Gasteiger partial charge is 0.266 e. The van der Waals surface area contributed by atoms with Gasteiger partial charge >= 0.3 is 0 Å². The molecule has 0 bridgehead atoms. The van der Waals surface area contributed by atoms with Crippen molar-refractivity contribution in [3.05, 3.63) is 64.0 Å². The van der Waals surface area contributed by atoms with E-state index in [1.165, 1.54) is 5.56 Å². The van der Waals surface area contributed by atoms with E-state index in [0.717, 1.165) is 24.2 Å². The lowest BCUT2D eigenvalue weighted by molar-refractivity contribution is 0.0951. The summed E-state index contributed by atoms with van der Waals surface area (Å²) < 4.78 is 5.36. The van der Waals surface area contributed by atoms with Crippen molar-refractivity contribution in [2.24, 2.45) is 0 Å². The van der Waals surface area contributed by atoms with Gasteiger partial charge in [0.2, 0.25) is 0 Å². The van der Waals surface area contributed by atoms with Crippen molar-refractivity contribution in [3.63, 3.8) is 0 Å². The fraction of sp³-hybridized carbons (Fsp3) is 0.263. The molecule has 0 spiro atoms. The number of nitrogens with zero attached hydrogens (tertiary/aromatic N) is 1. The highest BCUT2D eigenvalue weighted by atomic mass is 32.1. The summed E-state index contributed by atoms with van der Waals surface area (Å²) in [6, 6.07) is 13.5. The number of amides is 1. The first-order valence-corrected chi connectivity index (χ1v) is 8.63. The third-order valence-electron chi connectivity index (χ3n) is 4.12. The lowest BCUT2D eigenvalue weighted by atomic mass is 10.1. The minimum absolute atomic E-state index is 0.139. The lowest BCUT2D eigenvalue weighted by Crippen LogP contribution is -2.23. The van der Waals surface area contributed by atoms with Crippen molar-refractivity contribution in [2.75, 3.05) is 13.6 Å². The molecule has 0 saturated carbocycles. The molecular formula is C19H21N3O2S. The van der Waals surface area contributed by atoms with Gasteiger partial charge in [0.15, 0.2) is 5.58 Å². The van der Waals surface area contributed by atoms with Gasteiger partial charge in [-0.3, -0.25) is 4.79 Å². The Morgan fingerprint density at radius 3 is 2.84 bits per heavy atom. The van der Waals surface area contributed by atoms with Gasteiger partial charge in [0.1, 0.15) is 0 Å². The maximum absolute atomic E-state index is 12.4. The molecule has 0 aliphatic rings. The van der Waals surface area contributed by atoms with Crippen molar-refractivity contribution in [2.45, 2.75) is 20.0 Å². The zero-order valence-corrected chi connectivity index (χ0v) is 15.2. The minimum Gasteiger partial charge on any atom is -0.429 e. The Morgan fingerprint density at radius 1 is 1.24 bits per heavy atom. The predicted octanol–water partition coefficient (Wildman–Crippen LogP) is 3.87. The summed E-state index contributed by atoms with van der Waals surface area (Å²) in [4.78, 5) is 17.8. The van der Waals surface area contributed by atoms with Crippen LogP contribution in [0.3, 0.4) is 0 Å². The summed E-state index contributed by atoms with van der Waals surface area (Å²) in [6.07, 6.45) is 0. The van der Waals surface area contributed by atoms with E-state index in [0.29, 0.717) is 22.5 Å². The largest absolute Gasteiger partial charge is 0.429 e. The molecule has 1 aromatic heterocycles. The summed E-state index contributed by atoms with van der Waals surface area (Å²) in [5, 5.41) is 2.95. The number of fused-ring (bicyclic) bond motifs is 1. The minimum atomic E-state index is -0.139. The first-order chi connectivity index (χ1) is 12.0. The summed E-state index contributed by atoms with van der Waals surface area (Å²) in [5.41, 5.74) is 4.24. The number of carbonyl (C=O) groups is 1. The van der Waals surface area contributed by atoms with Crippen molar-refractivity contribution < 1.29 is 9.21 Å². The first kappa shape index (κ1) is 17.4. The Kier molecular flexibility index (Phi) is 5.31. The van der Waals surface area contributed by atoms with Gasteiger partial charge in [-0.2, -0.15) is 0 Å². The Bertz CT molecular complexity index is 945. The van der Waals surface area contributed by atoms with E-state index in [9.17, 15) is 4.79 Å². The Hall–Kier alpha value is -2.44. The average Bonchev–Trinajstić information content (AvgIpc) is 2.99. The van der Waals surface area contributed by atoms with Gasteiger partial charge in [-0.25, -0.2) is 0 Å². The predicted molar refractivity (Wildman–Crippen MR) is 101 cm³/mol. The number of H-pyrrole nitrogens is 1. The number of nitrogens with one attached hydrogen (secondary N) is 2. The maximum atomic E-state index is 12.4. The van der Waals surface area contributed by atoms with Gasteiger partial charge < -0.3 is 19.6 Å². The Morgan fingerprint density at radius 2 is 2.04 bits per heavy atom. The van der Waals surface area contributed by atoms with Crippen LogP contribution in [-0.4, -0.2) is 29.4 Å². The van der Waals surface area contributed by atoms with Gasteiger partial charge in [-0.05, 0) is 55.1 Å². The quantitative estimate of drug-likeness (QED) is 0.659. The summed E-state index contributed by atoms with van der Waals surface area (Å²) >= 11 is 4.96. The van der Waals surface area contributed by atoms with Crippen molar-refractivity contribution >= 4 is 29.2 Å². The maximum Gasteiger partial charge on any atom is 0.266 e. The van der Waals surface area contributed by atoms with Crippen LogP contribution >= 0.6 is 12.2 Å². The summed E-state index contributed by atoms with van der Waals surface area (Å²) in [7, 11) is 2.09. The van der Waals surface area contributed by atoms with Gasteiger partial charge in [0.25, 0.3) is 10.7 Å². The lowest BCUT2D eigenvalue weighted by Gasteiger charge is -2.14. The third-order valence-corrected chi connectivity index (χ3v) is 4.31. The highest BCUT2D eigenvalue weighted by molar-refractivity contribution is 7.71. The molecule has 0 radical (unpaired) electrons. The molecule has 25 heavy (non-hydrogen) atoms. The molecule has 130 valence electrons. The number of hydrogen-bond donors (Lipinski definition) is 2. The summed E-state index contributed by atoms with van der Waals surface area (Å²) in [6.45, 7) is 4.51. The third kappa shape index (κ3) is 4.35. The number of benzene rings is 2. The molecule has 6 heteroatoms. The van der Waals surface area contributed by atoms with E-state index in [4.69, 9.17) is 16.6 Å². The zero-order chi connectivity index (χ0) is 17.8. The second-order valence-corrected chi connectivity index (χ2v) is 6.43. The van der Waals surface area contributed by atoms with E-state index >= 15 is 0 Å². The van der Waals surface area contributed by atoms with E-state index in [2.05, 4.69) is 41.3 Å². The van der Waals surface area contributed by atoms with Gasteiger partial charge in [0, 0.05) is 18.7 Å². The summed E-state index contributed by atoms with van der Waals surface area (Å²) in [5.74, 6) is -0.139. The van der Waals surface area contributed by atoms with Gasteiger partial charge in [0.05, 0.1) is 5.52 Å². The monoisotopic (exact) mass is 355 g/mol. The molecule has 0 saturated heterocycles. The molecular weight excluding hydrogens is 334 g/mol. The molecule has 0 atom stereocenters. The average molecular weight is 355 g/mol. The second kappa shape index (κ2) is 7.63. The number of hydrogen-bond acceptors (Lipinski definition) is 4. The number of oxazole rings is 1. The van der Waals surface area contributed by atoms with Crippen LogP contribution in [0.15, 0.2) is 46.9 Å². The topological polar surface area (TPSA) is 61.3 Å². The number of aromatic amines is 1. The molecule has 0 unspecified atom stereocenters. The first-order valence-electron chi connectivity index (χ1n) is 8.22. The molecule has 1 amide bonds. The van der Waals surface area contributed by atoms with Gasteiger partial charge in [-0.15, -0.1) is 0 Å². The highest BCUT2D eigenvalue weighted by Gasteiger charge is 2.08. The molecule has 3 aromatic rings. The number of aromatic nitrogens is 1. The standard InChI is InChI=1S/C19H21N3O2S/c1-3-22(2)12-14-6-4-5-13(9-14)11-20-18(23)15-7-8-16-17(10-15)24-19(25)21-16/h4-10H,3,11-12H2,1-2H3,(H,20,23)(H,21,25). The van der Waals surface area contributed by atoms with Crippen LogP contribution in [0, 0.1) is 4.84 Å². The van der Waals surface area contributed by atoms with Crippen LogP contribution in [-0.2, 0) is 13.1 Å². The number of rotatable bonds is 6. The van der Waals surface area contributed by atoms with E-state index < -0.39 is 0 Å². The van der Waals surface area contributed by atoms with Crippen LogP contribution in [0.4, 0.5) is 0 Å². The SMILES string of the molecule is CCN(C)Cc1cccc(CNC(=O)c2ccc3[nH]c(=S)oc3c2)c1. The molecule has 0 aliphatic carbocycles. The molecule has 2 aromatic carbocycles. The van der Waals surface area contributed by atoms with Crippen molar-refractivity contribution in [1.29, 1.82) is 0 Å². The molecule has 0 aliphatic heterocycles. The second-order valence-electron chi connectivity index (χ2n) is 6.06. The molecule has 0 fully saturated rings. The van der Waals surface area contributed by atoms with E-state index in [1.54, 1.807) is 18.2 Å². The molecule has 2 N–H and O–H groups in total. The van der Waals surface area contributed by atoms with E-state index in [1.807, 2.05) is 12.1 Å². The Balaban J connectivity index is 1.66. The fourth-order valence-electron chi connectivity index (χ4n) is 2.63. The molecule has 3 rings (SSSR count). The molecule has 1 heterocycles. The van der Waals surface area contributed by atoms with Crippen LogP contribution in [0.5, 0.6) is 0 Å². The van der Waals surface area contributed by atoms with E-state index in [-0.39, 0.29) is 5.91 Å². The highest BCUT2D eigenvalue weighted by Crippen LogP contribution is 2.15. The van der Waals surface area contributed by atoms with Gasteiger partial charge in [-0.1, -0.05) is 31.2 Å². The number of carbonyl (C=O) groups excluding carboxylic acids is 1. The van der Waals surface area contributed by atoms with Crippen LogP contribution in [0.25, 0.3) is 11.1 Å². The van der Waals surface area contributed by atoms with Crippen LogP contribution < -0.4 is 5.32 Å². The zero-order valence-electron chi connectivity index (χ0n) is 14.3.